The zero-order chi connectivity index (χ0) is 22.9. The van der Waals surface area contributed by atoms with E-state index in [-0.39, 0.29) is 22.9 Å². The van der Waals surface area contributed by atoms with Gasteiger partial charge in [-0.05, 0) is 62.6 Å². The molecule has 0 radical (unpaired) electrons. The molecule has 2 aliphatic rings. The van der Waals surface area contributed by atoms with Gasteiger partial charge in [-0.2, -0.15) is 0 Å². The number of fused-ring (bicyclic) bond motifs is 1. The zero-order valence-corrected chi connectivity index (χ0v) is 19.0. The number of hydrogen-bond acceptors (Lipinski definition) is 5. The van der Waals surface area contributed by atoms with Gasteiger partial charge >= 0.3 is 6.09 Å². The third kappa shape index (κ3) is 4.78. The van der Waals surface area contributed by atoms with Crippen molar-refractivity contribution in [2.45, 2.75) is 57.7 Å². The molecule has 32 heavy (non-hydrogen) atoms. The van der Waals surface area contributed by atoms with Gasteiger partial charge in [-0.1, -0.05) is 36.4 Å². The number of nitrogens with zero attached hydrogens (tertiary/aromatic N) is 3. The first-order valence-corrected chi connectivity index (χ1v) is 11.3. The van der Waals surface area contributed by atoms with E-state index in [1.54, 1.807) is 12.1 Å². The predicted molar refractivity (Wildman–Crippen MR) is 122 cm³/mol. The van der Waals surface area contributed by atoms with Gasteiger partial charge in [0.25, 0.3) is 5.69 Å². The number of likely N-dealkylation sites (tertiary alicyclic amines) is 1. The lowest BCUT2D eigenvalue weighted by Gasteiger charge is -2.46. The van der Waals surface area contributed by atoms with E-state index in [4.69, 9.17) is 4.74 Å². The molecule has 0 saturated carbocycles. The minimum atomic E-state index is -0.540. The van der Waals surface area contributed by atoms with E-state index in [0.717, 1.165) is 37.9 Å². The fourth-order valence-electron chi connectivity index (χ4n) is 4.80. The van der Waals surface area contributed by atoms with E-state index in [2.05, 4.69) is 23.1 Å². The highest BCUT2D eigenvalue weighted by molar-refractivity contribution is 5.69. The normalized spacial score (nSPS) is 20.0. The summed E-state index contributed by atoms with van der Waals surface area (Å²) < 4.78 is 5.74. The minimum Gasteiger partial charge on any atom is -0.444 e. The maximum absolute atomic E-state index is 13.1. The molecule has 170 valence electrons. The summed E-state index contributed by atoms with van der Waals surface area (Å²) in [7, 11) is 0. The number of hydrogen-bond donors (Lipinski definition) is 0. The summed E-state index contributed by atoms with van der Waals surface area (Å²) in [5.74, 6) is 0.362. The van der Waals surface area contributed by atoms with Gasteiger partial charge in [0.2, 0.25) is 0 Å². The smallest absolute Gasteiger partial charge is 0.411 e. The molecule has 0 aliphatic carbocycles. The van der Waals surface area contributed by atoms with Crippen LogP contribution in [0.4, 0.5) is 10.5 Å². The van der Waals surface area contributed by atoms with Crippen LogP contribution >= 0.6 is 0 Å². The van der Waals surface area contributed by atoms with E-state index in [0.29, 0.717) is 12.5 Å². The van der Waals surface area contributed by atoms with Crippen LogP contribution in [0.5, 0.6) is 0 Å². The molecule has 1 saturated heterocycles. The first kappa shape index (κ1) is 22.3. The Balaban J connectivity index is 1.52. The lowest BCUT2D eigenvalue weighted by atomic mass is 9.88. The second kappa shape index (κ2) is 8.90. The lowest BCUT2D eigenvalue weighted by molar-refractivity contribution is -0.384. The molecule has 1 amide bonds. The summed E-state index contributed by atoms with van der Waals surface area (Å²) in [6.45, 7) is 8.02. The quantitative estimate of drug-likeness (QED) is 0.483. The zero-order valence-electron chi connectivity index (χ0n) is 19.0. The van der Waals surface area contributed by atoms with Crippen molar-refractivity contribution in [1.82, 2.24) is 9.80 Å². The van der Waals surface area contributed by atoms with E-state index < -0.39 is 5.60 Å². The van der Waals surface area contributed by atoms with Crippen LogP contribution in [0.1, 0.15) is 62.4 Å². The molecule has 1 fully saturated rings. The first-order valence-electron chi connectivity index (χ1n) is 11.3. The van der Waals surface area contributed by atoms with Gasteiger partial charge < -0.3 is 4.74 Å². The third-order valence-electron chi connectivity index (χ3n) is 6.33. The minimum absolute atomic E-state index is 0.123. The summed E-state index contributed by atoms with van der Waals surface area (Å²) in [4.78, 5) is 27.9. The van der Waals surface area contributed by atoms with Crippen molar-refractivity contribution in [3.63, 3.8) is 0 Å². The number of ether oxygens (including phenoxy) is 1. The van der Waals surface area contributed by atoms with Crippen molar-refractivity contribution in [2.75, 3.05) is 19.6 Å². The van der Waals surface area contributed by atoms with E-state index in [1.807, 2.05) is 43.9 Å². The van der Waals surface area contributed by atoms with Crippen LogP contribution in [0.3, 0.4) is 0 Å². The number of piperidine rings is 1. The van der Waals surface area contributed by atoms with Crippen LogP contribution in [-0.4, -0.2) is 46.1 Å². The Labute approximate surface area is 189 Å². The third-order valence-corrected chi connectivity index (χ3v) is 6.33. The van der Waals surface area contributed by atoms with Gasteiger partial charge in [0.15, 0.2) is 0 Å². The fourth-order valence-corrected chi connectivity index (χ4v) is 4.80. The van der Waals surface area contributed by atoms with Crippen LogP contribution in [0.25, 0.3) is 0 Å². The highest BCUT2D eigenvalue weighted by Gasteiger charge is 2.38. The van der Waals surface area contributed by atoms with Gasteiger partial charge in [0.1, 0.15) is 11.8 Å². The monoisotopic (exact) mass is 437 g/mol. The number of carbonyl (C=O) groups is 1. The molecule has 0 bridgehead atoms. The molecule has 0 aromatic heterocycles. The molecule has 2 heterocycles. The Morgan fingerprint density at radius 1 is 1.03 bits per heavy atom. The Morgan fingerprint density at radius 3 is 2.31 bits per heavy atom. The lowest BCUT2D eigenvalue weighted by Crippen LogP contribution is -2.51. The Bertz CT molecular complexity index is 975. The Morgan fingerprint density at radius 2 is 1.69 bits per heavy atom. The number of rotatable bonds is 3. The van der Waals surface area contributed by atoms with Crippen LogP contribution in [0.2, 0.25) is 0 Å². The average Bonchev–Trinajstić information content (AvgIpc) is 2.77. The molecule has 0 N–H and O–H groups in total. The summed E-state index contributed by atoms with van der Waals surface area (Å²) in [5, 5.41) is 10.9. The molecule has 2 aromatic carbocycles. The van der Waals surface area contributed by atoms with Gasteiger partial charge in [0, 0.05) is 31.8 Å². The largest absolute Gasteiger partial charge is 0.444 e. The first-order chi connectivity index (χ1) is 15.2. The molecule has 1 unspecified atom stereocenters. The highest BCUT2D eigenvalue weighted by atomic mass is 16.6. The molecule has 7 nitrogen and oxygen atoms in total. The van der Waals surface area contributed by atoms with Gasteiger partial charge in [-0.3, -0.25) is 19.9 Å². The van der Waals surface area contributed by atoms with Crippen LogP contribution in [-0.2, 0) is 11.2 Å². The summed E-state index contributed by atoms with van der Waals surface area (Å²) in [6.07, 6.45) is 2.31. The summed E-state index contributed by atoms with van der Waals surface area (Å²) in [6, 6.07) is 15.3. The average molecular weight is 438 g/mol. The Hall–Kier alpha value is -2.93. The van der Waals surface area contributed by atoms with Crippen molar-refractivity contribution in [2.24, 2.45) is 0 Å². The molecular formula is C25H31N3O4. The van der Waals surface area contributed by atoms with Crippen molar-refractivity contribution in [3.05, 3.63) is 75.3 Å². The van der Waals surface area contributed by atoms with Gasteiger partial charge in [-0.15, -0.1) is 0 Å². The number of nitro benzene ring substituents is 1. The molecule has 1 atom stereocenters. The maximum atomic E-state index is 13.1. The number of amides is 1. The van der Waals surface area contributed by atoms with Crippen LogP contribution in [0.15, 0.2) is 48.5 Å². The maximum Gasteiger partial charge on any atom is 0.411 e. The van der Waals surface area contributed by atoms with Crippen molar-refractivity contribution >= 4 is 11.8 Å². The van der Waals surface area contributed by atoms with Crippen LogP contribution < -0.4 is 0 Å². The number of benzene rings is 2. The predicted octanol–water partition coefficient (Wildman–Crippen LogP) is 5.27. The van der Waals surface area contributed by atoms with Gasteiger partial charge in [-0.25, -0.2) is 4.79 Å². The molecule has 2 aromatic rings. The van der Waals surface area contributed by atoms with Gasteiger partial charge in [0.05, 0.1) is 4.92 Å². The number of carbonyl (C=O) groups excluding carboxylic acids is 1. The molecule has 4 rings (SSSR count). The number of nitro groups is 1. The number of non-ortho nitro benzene ring substituents is 1. The van der Waals surface area contributed by atoms with E-state index in [1.165, 1.54) is 11.1 Å². The molecule has 2 aliphatic heterocycles. The van der Waals surface area contributed by atoms with Crippen molar-refractivity contribution in [3.8, 4) is 0 Å². The fraction of sp³-hybridized carbons (Fsp3) is 0.480. The topological polar surface area (TPSA) is 75.9 Å². The molecule has 7 heteroatoms. The van der Waals surface area contributed by atoms with Crippen molar-refractivity contribution < 1.29 is 14.5 Å². The van der Waals surface area contributed by atoms with E-state index >= 15 is 0 Å². The van der Waals surface area contributed by atoms with E-state index in [9.17, 15) is 14.9 Å². The molecular weight excluding hydrogens is 406 g/mol. The summed E-state index contributed by atoms with van der Waals surface area (Å²) in [5.41, 5.74) is 3.19. The second-order valence-electron chi connectivity index (χ2n) is 9.66. The Kier molecular flexibility index (Phi) is 6.20. The second-order valence-corrected chi connectivity index (χ2v) is 9.66. The van der Waals surface area contributed by atoms with Crippen molar-refractivity contribution in [1.29, 1.82) is 0 Å². The molecule has 0 spiro atoms. The SMILES string of the molecule is CC(C)(C)OC(=O)N1CCc2ccccc2C1N1CCC(c2ccc([N+](=O)[O-])cc2)CC1. The highest BCUT2D eigenvalue weighted by Crippen LogP contribution is 2.38. The standard InChI is InChI=1S/C25H31N3O4/c1-25(2,3)32-24(29)27-17-14-20-6-4-5-7-22(20)23(27)26-15-12-19(13-16-26)18-8-10-21(11-9-18)28(30)31/h4-11,19,23H,12-17H2,1-3H3. The summed E-state index contributed by atoms with van der Waals surface area (Å²) >= 11 is 0. The van der Waals surface area contributed by atoms with Crippen LogP contribution in [0, 0.1) is 10.1 Å².